The number of benzene rings is 3. The predicted molar refractivity (Wildman–Crippen MR) is 151 cm³/mol. The van der Waals surface area contributed by atoms with Crippen LogP contribution in [0.4, 0.5) is 10.5 Å². The van der Waals surface area contributed by atoms with E-state index in [9.17, 15) is 14.4 Å². The monoisotopic (exact) mass is 570 g/mol. The first-order valence-electron chi connectivity index (χ1n) is 11.5. The van der Waals surface area contributed by atoms with Crippen molar-refractivity contribution in [3.05, 3.63) is 91.8 Å². The molecule has 1 N–H and O–H groups in total. The number of hydrogen-bond acceptors (Lipinski definition) is 6. The molecule has 0 aromatic heterocycles. The highest BCUT2D eigenvalue weighted by atomic mass is 35.5. The lowest BCUT2D eigenvalue weighted by Gasteiger charge is -2.13. The van der Waals surface area contributed by atoms with Crippen LogP contribution in [0, 0.1) is 13.8 Å². The number of hydrogen-bond donors (Lipinski definition) is 1. The predicted octanol–water partition coefficient (Wildman–Crippen LogP) is 6.87. The van der Waals surface area contributed by atoms with Crippen molar-refractivity contribution in [1.82, 2.24) is 4.90 Å². The number of nitrogens with one attached hydrogen (secondary N) is 1. The van der Waals surface area contributed by atoms with E-state index >= 15 is 0 Å². The second-order valence-electron chi connectivity index (χ2n) is 8.63. The van der Waals surface area contributed by atoms with Crippen LogP contribution in [0.1, 0.15) is 22.3 Å². The fourth-order valence-electron chi connectivity index (χ4n) is 3.87. The Morgan fingerprint density at radius 2 is 1.74 bits per heavy atom. The van der Waals surface area contributed by atoms with Crippen molar-refractivity contribution in [2.45, 2.75) is 20.5 Å². The molecule has 0 bridgehead atoms. The molecule has 1 aliphatic rings. The summed E-state index contributed by atoms with van der Waals surface area (Å²) in [4.78, 5) is 39.1. The van der Waals surface area contributed by atoms with Gasteiger partial charge in [0.1, 0.15) is 13.2 Å². The average molecular weight is 571 g/mol. The van der Waals surface area contributed by atoms with Crippen LogP contribution in [0.25, 0.3) is 6.08 Å². The Morgan fingerprint density at radius 3 is 2.42 bits per heavy atom. The normalized spacial score (nSPS) is 14.2. The van der Waals surface area contributed by atoms with E-state index in [-0.39, 0.29) is 18.1 Å². The number of imide groups is 1. The summed E-state index contributed by atoms with van der Waals surface area (Å²) in [5.74, 6) is -0.0718. The lowest BCUT2D eigenvalue weighted by Crippen LogP contribution is -2.36. The molecule has 1 saturated heterocycles. The molecule has 3 aromatic rings. The third-order valence-corrected chi connectivity index (χ3v) is 7.06. The lowest BCUT2D eigenvalue weighted by atomic mass is 10.1. The van der Waals surface area contributed by atoms with E-state index in [0.29, 0.717) is 32.8 Å². The summed E-state index contributed by atoms with van der Waals surface area (Å²) in [5.41, 5.74) is 3.99. The molecule has 196 valence electrons. The first-order chi connectivity index (χ1) is 18.1. The molecule has 4 rings (SSSR count). The molecule has 1 fully saturated rings. The quantitative estimate of drug-likeness (QED) is 0.297. The van der Waals surface area contributed by atoms with Crippen molar-refractivity contribution < 1.29 is 23.9 Å². The summed E-state index contributed by atoms with van der Waals surface area (Å²) < 4.78 is 11.3. The van der Waals surface area contributed by atoms with Gasteiger partial charge in [-0.05, 0) is 84.8 Å². The van der Waals surface area contributed by atoms with E-state index in [2.05, 4.69) is 5.32 Å². The van der Waals surface area contributed by atoms with Crippen molar-refractivity contribution in [3.63, 3.8) is 0 Å². The molecule has 10 heteroatoms. The molecule has 0 spiro atoms. The first-order valence-corrected chi connectivity index (χ1v) is 13.1. The van der Waals surface area contributed by atoms with E-state index in [1.165, 1.54) is 7.11 Å². The number of thioether (sulfide) groups is 1. The second kappa shape index (κ2) is 11.9. The zero-order valence-electron chi connectivity index (χ0n) is 20.8. The maximum Gasteiger partial charge on any atom is 0.294 e. The Balaban J connectivity index is 1.43. The van der Waals surface area contributed by atoms with Crippen molar-refractivity contribution in [2.24, 2.45) is 0 Å². The maximum absolute atomic E-state index is 12.9. The topological polar surface area (TPSA) is 84.9 Å². The van der Waals surface area contributed by atoms with Gasteiger partial charge in [-0.15, -0.1) is 0 Å². The standard InChI is InChI=1S/C28H24Cl2N2O5S/c1-16-8-17(2)10-21(9-16)31-26(33)14-32-27(34)25(38-28(32)35)12-18-4-7-23(24(11-18)36-3)37-15-19-5-6-20(29)13-22(19)30/h4-13H,14-15H2,1-3H3,(H,31,33)/b25-12+. The van der Waals surface area contributed by atoms with Gasteiger partial charge >= 0.3 is 0 Å². The van der Waals surface area contributed by atoms with Crippen LogP contribution in [-0.2, 0) is 16.2 Å². The second-order valence-corrected chi connectivity index (χ2v) is 10.5. The number of halogens is 2. The van der Waals surface area contributed by atoms with Crippen LogP contribution < -0.4 is 14.8 Å². The number of anilines is 1. The van der Waals surface area contributed by atoms with Crippen LogP contribution in [-0.4, -0.2) is 35.6 Å². The summed E-state index contributed by atoms with van der Waals surface area (Å²) in [6.45, 7) is 3.67. The number of carbonyl (C=O) groups is 3. The highest BCUT2D eigenvalue weighted by Crippen LogP contribution is 2.35. The molecule has 0 aliphatic carbocycles. The highest BCUT2D eigenvalue weighted by molar-refractivity contribution is 8.18. The number of ether oxygens (including phenoxy) is 2. The fourth-order valence-corrected chi connectivity index (χ4v) is 5.17. The van der Waals surface area contributed by atoms with Crippen LogP contribution in [0.2, 0.25) is 10.0 Å². The zero-order chi connectivity index (χ0) is 27.4. The lowest BCUT2D eigenvalue weighted by molar-refractivity contribution is -0.127. The Bertz CT molecular complexity index is 1440. The number of rotatable bonds is 8. The smallest absolute Gasteiger partial charge is 0.294 e. The molecule has 0 saturated carbocycles. The summed E-state index contributed by atoms with van der Waals surface area (Å²) in [6, 6.07) is 15.9. The minimum Gasteiger partial charge on any atom is -0.493 e. The van der Waals surface area contributed by atoms with Crippen LogP contribution in [0.3, 0.4) is 0 Å². The van der Waals surface area contributed by atoms with Gasteiger partial charge in [0.05, 0.1) is 12.0 Å². The number of methoxy groups -OCH3 is 1. The summed E-state index contributed by atoms with van der Waals surface area (Å²) >= 11 is 12.9. The van der Waals surface area contributed by atoms with Gasteiger partial charge in [0.2, 0.25) is 5.91 Å². The largest absolute Gasteiger partial charge is 0.493 e. The van der Waals surface area contributed by atoms with Crippen molar-refractivity contribution in [1.29, 1.82) is 0 Å². The summed E-state index contributed by atoms with van der Waals surface area (Å²) in [6.07, 6.45) is 1.58. The van der Waals surface area contributed by atoms with Gasteiger partial charge in [-0.3, -0.25) is 19.3 Å². The molecule has 0 atom stereocenters. The van der Waals surface area contributed by atoms with Gasteiger partial charge < -0.3 is 14.8 Å². The Kier molecular flexibility index (Phi) is 8.66. The zero-order valence-corrected chi connectivity index (χ0v) is 23.2. The molecular weight excluding hydrogens is 547 g/mol. The highest BCUT2D eigenvalue weighted by Gasteiger charge is 2.36. The fraction of sp³-hybridized carbons (Fsp3) is 0.179. The van der Waals surface area contributed by atoms with Crippen LogP contribution in [0.15, 0.2) is 59.5 Å². The van der Waals surface area contributed by atoms with E-state index < -0.39 is 17.1 Å². The minimum atomic E-state index is -0.535. The van der Waals surface area contributed by atoms with Gasteiger partial charge in [-0.2, -0.15) is 0 Å². The summed E-state index contributed by atoms with van der Waals surface area (Å²) in [7, 11) is 1.50. The maximum atomic E-state index is 12.9. The Labute approximate surface area is 234 Å². The van der Waals surface area contributed by atoms with Crippen molar-refractivity contribution in [2.75, 3.05) is 19.0 Å². The molecule has 3 aromatic carbocycles. The Morgan fingerprint density at radius 1 is 1.00 bits per heavy atom. The van der Waals surface area contributed by atoms with Crippen molar-refractivity contribution >= 4 is 63.8 Å². The molecule has 1 aliphatic heterocycles. The number of carbonyl (C=O) groups excluding carboxylic acids is 3. The molecule has 0 radical (unpaired) electrons. The summed E-state index contributed by atoms with van der Waals surface area (Å²) in [5, 5.41) is 3.26. The number of aryl methyl sites for hydroxylation is 2. The SMILES string of the molecule is COc1cc(/C=C2/SC(=O)N(CC(=O)Nc3cc(C)cc(C)c3)C2=O)ccc1OCc1ccc(Cl)cc1Cl. The van der Waals surface area contributed by atoms with Gasteiger partial charge in [0.15, 0.2) is 11.5 Å². The van der Waals surface area contributed by atoms with E-state index in [1.54, 1.807) is 42.5 Å². The van der Waals surface area contributed by atoms with Crippen molar-refractivity contribution in [3.8, 4) is 11.5 Å². The number of amides is 3. The minimum absolute atomic E-state index is 0.203. The number of nitrogens with zero attached hydrogens (tertiary/aromatic N) is 1. The van der Waals surface area contributed by atoms with Crippen LogP contribution in [0.5, 0.6) is 11.5 Å². The van der Waals surface area contributed by atoms with Gasteiger partial charge in [0.25, 0.3) is 11.1 Å². The molecule has 7 nitrogen and oxygen atoms in total. The molecule has 3 amide bonds. The Hall–Kier alpha value is -3.46. The molecule has 38 heavy (non-hydrogen) atoms. The third-order valence-electron chi connectivity index (χ3n) is 5.56. The van der Waals surface area contributed by atoms with E-state index in [4.69, 9.17) is 32.7 Å². The molecule has 1 heterocycles. The van der Waals surface area contributed by atoms with E-state index in [1.807, 2.05) is 32.0 Å². The van der Waals surface area contributed by atoms with Crippen LogP contribution >= 0.6 is 35.0 Å². The molecular formula is C28H24Cl2N2O5S. The van der Waals surface area contributed by atoms with Gasteiger partial charge in [-0.25, -0.2) is 0 Å². The average Bonchev–Trinajstić information content (AvgIpc) is 3.10. The molecule has 0 unspecified atom stereocenters. The first kappa shape index (κ1) is 27.6. The van der Waals surface area contributed by atoms with Gasteiger partial charge in [-0.1, -0.05) is 41.4 Å². The third kappa shape index (κ3) is 6.69. The van der Waals surface area contributed by atoms with Gasteiger partial charge in [0, 0.05) is 21.3 Å². The van der Waals surface area contributed by atoms with E-state index in [0.717, 1.165) is 33.4 Å².